The zero-order valence-electron chi connectivity index (χ0n) is 25.2. The first-order valence-electron chi connectivity index (χ1n) is 13.5. The summed E-state index contributed by atoms with van der Waals surface area (Å²) in [4.78, 5) is 0. The van der Waals surface area contributed by atoms with E-state index in [9.17, 15) is 15.3 Å². The highest BCUT2D eigenvalue weighted by atomic mass is 16.5. The summed E-state index contributed by atoms with van der Waals surface area (Å²) in [5.41, 5.74) is 5.12. The van der Waals surface area contributed by atoms with Gasteiger partial charge in [0.1, 0.15) is 17.3 Å². The number of hydrogen-bond acceptors (Lipinski definition) is 9. The summed E-state index contributed by atoms with van der Waals surface area (Å²) < 4.78 is 32.7. The highest BCUT2D eigenvalue weighted by Crippen LogP contribution is 2.48. The van der Waals surface area contributed by atoms with Crippen molar-refractivity contribution in [1.82, 2.24) is 0 Å². The van der Waals surface area contributed by atoms with Gasteiger partial charge in [-0.25, -0.2) is 0 Å². The molecular formula is C32H44O9. The molecule has 0 bridgehead atoms. The van der Waals surface area contributed by atoms with Crippen LogP contribution in [0.2, 0.25) is 0 Å². The maximum absolute atomic E-state index is 11.1. The van der Waals surface area contributed by atoms with Crippen LogP contribution in [-0.4, -0.2) is 71.2 Å². The van der Waals surface area contributed by atoms with E-state index in [0.717, 1.165) is 16.7 Å². The molecule has 226 valence electrons. The summed E-state index contributed by atoms with van der Waals surface area (Å²) in [5, 5.41) is 33.1. The fourth-order valence-corrected chi connectivity index (χ4v) is 5.62. The molecule has 0 heterocycles. The van der Waals surface area contributed by atoms with Gasteiger partial charge in [0.05, 0.1) is 39.6 Å². The molecule has 0 saturated heterocycles. The predicted molar refractivity (Wildman–Crippen MR) is 155 cm³/mol. The van der Waals surface area contributed by atoms with Crippen LogP contribution in [0.4, 0.5) is 0 Å². The van der Waals surface area contributed by atoms with Crippen LogP contribution >= 0.6 is 0 Å². The Labute approximate surface area is 242 Å². The predicted octanol–water partition coefficient (Wildman–Crippen LogP) is 5.04. The molecule has 2 aromatic carbocycles. The Morgan fingerprint density at radius 2 is 1.02 bits per heavy atom. The van der Waals surface area contributed by atoms with Gasteiger partial charge in [-0.2, -0.15) is 0 Å². The fourth-order valence-electron chi connectivity index (χ4n) is 5.62. The lowest BCUT2D eigenvalue weighted by atomic mass is 9.65. The van der Waals surface area contributed by atoms with E-state index in [4.69, 9.17) is 28.4 Å². The summed E-state index contributed by atoms with van der Waals surface area (Å²) in [6, 6.07) is 7.77. The molecule has 3 N–H and O–H groups in total. The van der Waals surface area contributed by atoms with Crippen molar-refractivity contribution in [3.63, 3.8) is 0 Å². The molecule has 0 aliphatic heterocycles. The molecule has 9 heteroatoms. The maximum atomic E-state index is 11.1. The second kappa shape index (κ2) is 14.8. The van der Waals surface area contributed by atoms with Crippen LogP contribution < -0.4 is 0 Å². The topological polar surface area (TPSA) is 116 Å². The first-order valence-corrected chi connectivity index (χ1v) is 13.5. The van der Waals surface area contributed by atoms with E-state index < -0.39 is 5.41 Å². The fraction of sp³-hybridized carbons (Fsp3) is 0.500. The van der Waals surface area contributed by atoms with Crippen LogP contribution in [0, 0.1) is 5.92 Å². The van der Waals surface area contributed by atoms with Gasteiger partial charge in [-0.05, 0) is 48.7 Å². The number of phenols is 2. The van der Waals surface area contributed by atoms with Crippen molar-refractivity contribution >= 4 is 0 Å². The summed E-state index contributed by atoms with van der Waals surface area (Å²) in [6.45, 7) is 3.46. The highest BCUT2D eigenvalue weighted by molar-refractivity contribution is 5.58. The van der Waals surface area contributed by atoms with E-state index in [-0.39, 0.29) is 56.2 Å². The molecule has 1 aliphatic rings. The largest absolute Gasteiger partial charge is 0.512 e. The average molecular weight is 573 g/mol. The zero-order valence-corrected chi connectivity index (χ0v) is 25.2. The number of hydrogen-bond donors (Lipinski definition) is 3. The standard InChI is InChI=1S/C32H44O9/c1-32(26-8-20(14-36-2)29(33)21(9-26)15-37-3,27-10-22(16-38-4)30(34)23(11-27)17-39-5)28-12-24(18-40-6)31(35)25(13-28)19-41-7/h8-12,25,33-35H,13-19H2,1-7H3. The molecule has 0 aromatic heterocycles. The molecule has 9 nitrogen and oxygen atoms in total. The number of benzene rings is 2. The Morgan fingerprint density at radius 1 is 0.634 bits per heavy atom. The van der Waals surface area contributed by atoms with E-state index in [2.05, 4.69) is 6.92 Å². The van der Waals surface area contributed by atoms with Crippen LogP contribution in [0.5, 0.6) is 11.5 Å². The van der Waals surface area contributed by atoms with Crippen molar-refractivity contribution in [3.8, 4) is 11.5 Å². The minimum atomic E-state index is -0.803. The normalized spacial score (nSPS) is 15.9. The molecule has 0 saturated carbocycles. The minimum absolute atomic E-state index is 0.123. The van der Waals surface area contributed by atoms with Crippen LogP contribution in [-0.2, 0) is 60.3 Å². The second-order valence-electron chi connectivity index (χ2n) is 10.5. The summed E-state index contributed by atoms with van der Waals surface area (Å²) in [7, 11) is 9.53. The third-order valence-electron chi connectivity index (χ3n) is 7.73. The SMILES string of the molecule is COCC1=C(O)C(COC)CC(C(C)(c2cc(COC)c(O)c(COC)c2)c2cc(COC)c(O)c(COC)c2)=C1. The van der Waals surface area contributed by atoms with Crippen molar-refractivity contribution in [2.45, 2.75) is 45.2 Å². The molecule has 1 unspecified atom stereocenters. The van der Waals surface area contributed by atoms with E-state index >= 15 is 0 Å². The van der Waals surface area contributed by atoms with Crippen molar-refractivity contribution in [2.24, 2.45) is 5.92 Å². The van der Waals surface area contributed by atoms with Crippen LogP contribution in [0.3, 0.4) is 0 Å². The lowest BCUT2D eigenvalue weighted by Gasteiger charge is -2.39. The number of phenolic OH excluding ortho intramolecular Hbond substituents is 2. The van der Waals surface area contributed by atoms with Crippen molar-refractivity contribution in [3.05, 3.63) is 80.6 Å². The zero-order chi connectivity index (χ0) is 30.2. The quantitative estimate of drug-likeness (QED) is 0.270. The molecule has 1 aliphatic carbocycles. The molecular weight excluding hydrogens is 528 g/mol. The van der Waals surface area contributed by atoms with E-state index in [1.54, 1.807) is 42.7 Å². The first-order chi connectivity index (χ1) is 19.7. The van der Waals surface area contributed by atoms with E-state index in [0.29, 0.717) is 40.9 Å². The molecule has 1 atom stereocenters. The average Bonchev–Trinajstić information content (AvgIpc) is 2.95. The van der Waals surface area contributed by atoms with Gasteiger partial charge in [0.15, 0.2) is 0 Å². The smallest absolute Gasteiger partial charge is 0.126 e. The second-order valence-corrected chi connectivity index (χ2v) is 10.5. The Hall–Kier alpha value is -2.92. The van der Waals surface area contributed by atoms with Crippen molar-refractivity contribution < 1.29 is 43.7 Å². The number of rotatable bonds is 15. The number of aromatic hydroxyl groups is 2. The number of allylic oxidation sites excluding steroid dienone is 1. The van der Waals surface area contributed by atoms with Crippen LogP contribution in [0.25, 0.3) is 0 Å². The van der Waals surface area contributed by atoms with Gasteiger partial charge in [-0.3, -0.25) is 0 Å². The van der Waals surface area contributed by atoms with Crippen molar-refractivity contribution in [2.75, 3.05) is 55.9 Å². The molecule has 0 radical (unpaired) electrons. The van der Waals surface area contributed by atoms with Gasteiger partial charge < -0.3 is 43.7 Å². The Balaban J connectivity index is 2.43. The highest BCUT2D eigenvalue weighted by Gasteiger charge is 2.39. The van der Waals surface area contributed by atoms with Gasteiger partial charge in [0, 0.05) is 81.8 Å². The lowest BCUT2D eigenvalue weighted by molar-refractivity contribution is 0.136. The molecule has 3 rings (SSSR count). The number of aliphatic hydroxyl groups is 1. The van der Waals surface area contributed by atoms with Gasteiger partial charge in [0.25, 0.3) is 0 Å². The minimum Gasteiger partial charge on any atom is -0.512 e. The third kappa shape index (κ3) is 6.94. The van der Waals surface area contributed by atoms with Gasteiger partial charge in [-0.15, -0.1) is 0 Å². The molecule has 0 amide bonds. The summed E-state index contributed by atoms with van der Waals surface area (Å²) in [5.74, 6) is 0.209. The van der Waals surface area contributed by atoms with Gasteiger partial charge >= 0.3 is 0 Å². The third-order valence-corrected chi connectivity index (χ3v) is 7.73. The molecule has 41 heavy (non-hydrogen) atoms. The molecule has 2 aromatic rings. The van der Waals surface area contributed by atoms with E-state index in [1.807, 2.05) is 30.3 Å². The Bertz CT molecular complexity index is 1130. The number of ether oxygens (including phenoxy) is 6. The summed E-state index contributed by atoms with van der Waals surface area (Å²) in [6.07, 6.45) is 2.49. The Kier molecular flexibility index (Phi) is 11.8. The van der Waals surface area contributed by atoms with Crippen LogP contribution in [0.1, 0.15) is 46.7 Å². The first kappa shape index (κ1) is 32.6. The number of aliphatic hydroxyl groups excluding tert-OH is 1. The van der Waals surface area contributed by atoms with Crippen molar-refractivity contribution in [1.29, 1.82) is 0 Å². The van der Waals surface area contributed by atoms with Gasteiger partial charge in [-0.1, -0.05) is 11.6 Å². The molecule has 0 fully saturated rings. The maximum Gasteiger partial charge on any atom is 0.126 e. The Morgan fingerprint density at radius 3 is 1.37 bits per heavy atom. The summed E-state index contributed by atoms with van der Waals surface area (Å²) >= 11 is 0. The monoisotopic (exact) mass is 572 g/mol. The lowest BCUT2D eigenvalue weighted by Crippen LogP contribution is -2.32. The number of methoxy groups -OCH3 is 6. The van der Waals surface area contributed by atoms with E-state index in [1.165, 1.54) is 0 Å². The van der Waals surface area contributed by atoms with Gasteiger partial charge in [0.2, 0.25) is 0 Å². The molecule has 0 spiro atoms. The van der Waals surface area contributed by atoms with Crippen LogP contribution in [0.15, 0.2) is 47.2 Å².